The Bertz CT molecular complexity index is 345. The van der Waals surface area contributed by atoms with Crippen LogP contribution in [0.3, 0.4) is 0 Å². The number of amides is 1. The smallest absolute Gasteiger partial charge is 0.408 e. The van der Waals surface area contributed by atoms with Crippen LogP contribution in [-0.4, -0.2) is 52.5 Å². The fourth-order valence-electron chi connectivity index (χ4n) is 1.73. The SMILES string of the molecule is CC(C)(C)OC(=O)C1COC(C)(C)CN1C(=O)O. The molecule has 1 amide bonds. The number of esters is 1. The van der Waals surface area contributed by atoms with Gasteiger partial charge in [0.2, 0.25) is 0 Å². The minimum Gasteiger partial charge on any atom is -0.465 e. The van der Waals surface area contributed by atoms with Crippen LogP contribution in [-0.2, 0) is 14.3 Å². The molecule has 18 heavy (non-hydrogen) atoms. The summed E-state index contributed by atoms with van der Waals surface area (Å²) in [5, 5.41) is 9.15. The molecular formula is C12H21NO5. The van der Waals surface area contributed by atoms with Crippen LogP contribution in [0.15, 0.2) is 0 Å². The van der Waals surface area contributed by atoms with Crippen molar-refractivity contribution in [1.29, 1.82) is 0 Å². The molecule has 1 aliphatic heterocycles. The molecule has 1 atom stereocenters. The quantitative estimate of drug-likeness (QED) is 0.722. The molecule has 0 saturated carbocycles. The zero-order chi connectivity index (χ0) is 14.1. The number of ether oxygens (including phenoxy) is 2. The Hall–Kier alpha value is -1.30. The third-order valence-corrected chi connectivity index (χ3v) is 2.48. The van der Waals surface area contributed by atoms with E-state index in [1.807, 2.05) is 0 Å². The minimum absolute atomic E-state index is 0.0220. The summed E-state index contributed by atoms with van der Waals surface area (Å²) in [7, 11) is 0. The first-order valence-electron chi connectivity index (χ1n) is 5.88. The molecule has 104 valence electrons. The molecule has 0 radical (unpaired) electrons. The maximum absolute atomic E-state index is 11.9. The molecule has 0 bridgehead atoms. The molecule has 0 aromatic carbocycles. The van der Waals surface area contributed by atoms with E-state index in [-0.39, 0.29) is 13.2 Å². The molecule has 1 aliphatic rings. The lowest BCUT2D eigenvalue weighted by atomic mass is 10.0. The van der Waals surface area contributed by atoms with Gasteiger partial charge in [-0.2, -0.15) is 0 Å². The van der Waals surface area contributed by atoms with Gasteiger partial charge in [-0.05, 0) is 34.6 Å². The van der Waals surface area contributed by atoms with Gasteiger partial charge in [0.1, 0.15) is 5.60 Å². The lowest BCUT2D eigenvalue weighted by Crippen LogP contribution is -2.59. The first kappa shape index (κ1) is 14.8. The van der Waals surface area contributed by atoms with Gasteiger partial charge in [-0.25, -0.2) is 9.59 Å². The van der Waals surface area contributed by atoms with Crippen molar-refractivity contribution in [3.05, 3.63) is 0 Å². The van der Waals surface area contributed by atoms with Gasteiger partial charge < -0.3 is 14.6 Å². The molecule has 0 spiro atoms. The number of morpholine rings is 1. The first-order chi connectivity index (χ1) is 8.02. The molecule has 1 fully saturated rings. The second kappa shape index (κ2) is 4.76. The average Bonchev–Trinajstić information content (AvgIpc) is 2.12. The standard InChI is InChI=1S/C12H21NO5/c1-11(2,3)18-9(14)8-6-17-12(4,5)7-13(8)10(15)16/h8H,6-7H2,1-5H3,(H,15,16). The highest BCUT2D eigenvalue weighted by molar-refractivity contribution is 5.81. The summed E-state index contributed by atoms with van der Waals surface area (Å²) in [5.41, 5.74) is -1.23. The summed E-state index contributed by atoms with van der Waals surface area (Å²) in [5.74, 6) is -0.569. The van der Waals surface area contributed by atoms with E-state index in [2.05, 4.69) is 0 Å². The summed E-state index contributed by atoms with van der Waals surface area (Å²) < 4.78 is 10.7. The highest BCUT2D eigenvalue weighted by atomic mass is 16.6. The zero-order valence-corrected chi connectivity index (χ0v) is 11.5. The summed E-state index contributed by atoms with van der Waals surface area (Å²) in [6, 6.07) is -0.894. The lowest BCUT2D eigenvalue weighted by molar-refractivity contribution is -0.174. The van der Waals surface area contributed by atoms with Crippen LogP contribution in [0.2, 0.25) is 0 Å². The summed E-state index contributed by atoms with van der Waals surface area (Å²) in [6.07, 6.45) is -1.14. The van der Waals surface area contributed by atoms with E-state index >= 15 is 0 Å². The topological polar surface area (TPSA) is 76.1 Å². The van der Waals surface area contributed by atoms with Crippen molar-refractivity contribution in [2.24, 2.45) is 0 Å². The molecule has 0 aromatic rings. The largest absolute Gasteiger partial charge is 0.465 e. The molecule has 1 saturated heterocycles. The van der Waals surface area contributed by atoms with E-state index in [0.29, 0.717) is 0 Å². The molecule has 0 aliphatic carbocycles. The second-order valence-corrected chi connectivity index (χ2v) is 6.03. The third kappa shape index (κ3) is 3.87. The van der Waals surface area contributed by atoms with Gasteiger partial charge in [0.05, 0.1) is 18.8 Å². The lowest BCUT2D eigenvalue weighted by Gasteiger charge is -2.41. The van der Waals surface area contributed by atoms with Gasteiger partial charge in [-0.15, -0.1) is 0 Å². The Morgan fingerprint density at radius 3 is 2.39 bits per heavy atom. The highest BCUT2D eigenvalue weighted by Gasteiger charge is 2.42. The number of rotatable bonds is 1. The Balaban J connectivity index is 2.81. The van der Waals surface area contributed by atoms with Crippen LogP contribution < -0.4 is 0 Å². The Morgan fingerprint density at radius 1 is 1.39 bits per heavy atom. The predicted octanol–water partition coefficient (Wildman–Crippen LogP) is 1.49. The van der Waals surface area contributed by atoms with Gasteiger partial charge in [0, 0.05) is 0 Å². The monoisotopic (exact) mass is 259 g/mol. The van der Waals surface area contributed by atoms with Gasteiger partial charge in [0.25, 0.3) is 0 Å². The van der Waals surface area contributed by atoms with Gasteiger partial charge in [-0.1, -0.05) is 0 Å². The number of carbonyl (C=O) groups excluding carboxylic acids is 1. The Morgan fingerprint density at radius 2 is 1.94 bits per heavy atom. The van der Waals surface area contributed by atoms with E-state index in [4.69, 9.17) is 14.6 Å². The fourth-order valence-corrected chi connectivity index (χ4v) is 1.73. The van der Waals surface area contributed by atoms with Crippen LogP contribution in [0.25, 0.3) is 0 Å². The van der Waals surface area contributed by atoms with Crippen molar-refractivity contribution < 1.29 is 24.2 Å². The molecule has 6 nitrogen and oxygen atoms in total. The van der Waals surface area contributed by atoms with Crippen LogP contribution in [0, 0.1) is 0 Å². The summed E-state index contributed by atoms with van der Waals surface area (Å²) >= 11 is 0. The van der Waals surface area contributed by atoms with Crippen molar-refractivity contribution in [2.75, 3.05) is 13.2 Å². The van der Waals surface area contributed by atoms with Crippen molar-refractivity contribution in [3.63, 3.8) is 0 Å². The molecule has 0 aromatic heterocycles. The third-order valence-electron chi connectivity index (χ3n) is 2.48. The molecule has 1 rings (SSSR count). The van der Waals surface area contributed by atoms with E-state index < -0.39 is 29.3 Å². The maximum Gasteiger partial charge on any atom is 0.408 e. The highest BCUT2D eigenvalue weighted by Crippen LogP contribution is 2.22. The number of hydrogen-bond donors (Lipinski definition) is 1. The fraction of sp³-hybridized carbons (Fsp3) is 0.833. The van der Waals surface area contributed by atoms with Crippen molar-refractivity contribution in [3.8, 4) is 0 Å². The molecule has 1 N–H and O–H groups in total. The number of carbonyl (C=O) groups is 2. The first-order valence-corrected chi connectivity index (χ1v) is 5.88. The number of hydrogen-bond acceptors (Lipinski definition) is 4. The van der Waals surface area contributed by atoms with Crippen LogP contribution in [0.1, 0.15) is 34.6 Å². The molecule has 1 unspecified atom stereocenters. The summed E-state index contributed by atoms with van der Waals surface area (Å²) in [6.45, 7) is 8.96. The summed E-state index contributed by atoms with van der Waals surface area (Å²) in [4.78, 5) is 24.2. The van der Waals surface area contributed by atoms with Crippen LogP contribution >= 0.6 is 0 Å². The Labute approximate surface area is 107 Å². The van der Waals surface area contributed by atoms with Crippen molar-refractivity contribution >= 4 is 12.1 Å². The number of nitrogens with zero attached hydrogens (tertiary/aromatic N) is 1. The number of carboxylic acid groups (broad SMARTS) is 1. The molecule has 6 heteroatoms. The normalized spacial score (nSPS) is 23.6. The van der Waals surface area contributed by atoms with Gasteiger partial charge in [0.15, 0.2) is 6.04 Å². The van der Waals surface area contributed by atoms with Crippen molar-refractivity contribution in [2.45, 2.75) is 51.9 Å². The van der Waals surface area contributed by atoms with E-state index in [9.17, 15) is 9.59 Å². The maximum atomic E-state index is 11.9. The van der Waals surface area contributed by atoms with E-state index in [1.165, 1.54) is 0 Å². The van der Waals surface area contributed by atoms with Crippen molar-refractivity contribution in [1.82, 2.24) is 4.90 Å². The van der Waals surface area contributed by atoms with E-state index in [0.717, 1.165) is 4.90 Å². The van der Waals surface area contributed by atoms with Gasteiger partial charge >= 0.3 is 12.1 Å². The van der Waals surface area contributed by atoms with Gasteiger partial charge in [-0.3, -0.25) is 4.90 Å². The zero-order valence-electron chi connectivity index (χ0n) is 11.5. The van der Waals surface area contributed by atoms with Crippen LogP contribution in [0.4, 0.5) is 4.79 Å². The Kier molecular flexibility index (Phi) is 3.90. The molecule has 1 heterocycles. The van der Waals surface area contributed by atoms with Crippen LogP contribution in [0.5, 0.6) is 0 Å². The predicted molar refractivity (Wildman–Crippen MR) is 64.4 cm³/mol. The minimum atomic E-state index is -1.14. The second-order valence-electron chi connectivity index (χ2n) is 6.03. The van der Waals surface area contributed by atoms with E-state index in [1.54, 1.807) is 34.6 Å². The average molecular weight is 259 g/mol. The molecular weight excluding hydrogens is 238 g/mol.